The number of amides is 1. The predicted molar refractivity (Wildman–Crippen MR) is 47.5 cm³/mol. The van der Waals surface area contributed by atoms with Crippen molar-refractivity contribution in [2.75, 3.05) is 0 Å². The van der Waals surface area contributed by atoms with Gasteiger partial charge >= 0.3 is 0 Å². The zero-order valence-corrected chi connectivity index (χ0v) is 7.78. The van der Waals surface area contributed by atoms with Crippen molar-refractivity contribution in [2.24, 2.45) is 5.73 Å². The van der Waals surface area contributed by atoms with E-state index in [-0.39, 0.29) is 10.7 Å². The topological polar surface area (TPSA) is 56.0 Å². The molecule has 5 heteroatoms. The number of hydrogen-bond acceptors (Lipinski definition) is 2. The molecule has 0 radical (unpaired) electrons. The van der Waals surface area contributed by atoms with E-state index in [1.165, 1.54) is 6.20 Å². The molecule has 2 N–H and O–H groups in total. The number of rotatable bonds is 1. The smallest absolute Gasteiger partial charge is 0.252 e. The third-order valence-corrected chi connectivity index (χ3v) is 2.14. The Morgan fingerprint density at radius 1 is 1.58 bits per heavy atom. The van der Waals surface area contributed by atoms with Crippen LogP contribution in [0.4, 0.5) is 0 Å². The molecule has 3 nitrogen and oxygen atoms in total. The largest absolute Gasteiger partial charge is 0.365 e. The summed E-state index contributed by atoms with van der Waals surface area (Å²) in [6, 6.07) is 0. The maximum Gasteiger partial charge on any atom is 0.252 e. The van der Waals surface area contributed by atoms with Crippen molar-refractivity contribution in [1.29, 1.82) is 0 Å². The zero-order chi connectivity index (χ0) is 9.30. The molecule has 0 bridgehead atoms. The number of carbonyl (C=O) groups is 1. The predicted octanol–water partition coefficient (Wildman–Crippen LogP) is 1.80. The summed E-state index contributed by atoms with van der Waals surface area (Å²) in [5.41, 5.74) is 5.81. The van der Waals surface area contributed by atoms with Crippen LogP contribution in [-0.2, 0) is 0 Å². The molecule has 1 rings (SSSR count). The highest BCUT2D eigenvalue weighted by molar-refractivity contribution is 6.35. The molecule has 0 aliphatic heterocycles. The molecule has 0 atom stereocenters. The molecule has 0 aliphatic rings. The normalized spacial score (nSPS) is 9.92. The van der Waals surface area contributed by atoms with Gasteiger partial charge in [-0.3, -0.25) is 4.79 Å². The van der Waals surface area contributed by atoms with Crippen LogP contribution in [0.5, 0.6) is 0 Å². The van der Waals surface area contributed by atoms with Crippen LogP contribution < -0.4 is 5.73 Å². The highest BCUT2D eigenvalue weighted by Gasteiger charge is 2.13. The Kier molecular flexibility index (Phi) is 2.55. The Bertz CT molecular complexity index is 338. The van der Waals surface area contributed by atoms with Gasteiger partial charge in [0.25, 0.3) is 5.91 Å². The Hall–Kier alpha value is -0.800. The number of nitrogens with two attached hydrogens (primary N) is 1. The number of nitrogens with zero attached hydrogens (tertiary/aromatic N) is 1. The lowest BCUT2D eigenvalue weighted by Crippen LogP contribution is -2.14. The molecule has 0 saturated carbocycles. The fraction of sp³-hybridized carbons (Fsp3) is 0.143. The summed E-state index contributed by atoms with van der Waals surface area (Å²) in [5, 5.41) is 0.470. The highest BCUT2D eigenvalue weighted by atomic mass is 35.5. The third-order valence-electron chi connectivity index (χ3n) is 1.48. The summed E-state index contributed by atoms with van der Waals surface area (Å²) in [7, 11) is 0. The third kappa shape index (κ3) is 1.52. The quantitative estimate of drug-likeness (QED) is 0.710. The van der Waals surface area contributed by atoms with Crippen LogP contribution in [0.25, 0.3) is 0 Å². The molecule has 0 aliphatic carbocycles. The van der Waals surface area contributed by atoms with Crippen molar-refractivity contribution in [1.82, 2.24) is 4.98 Å². The van der Waals surface area contributed by atoms with Gasteiger partial charge in [0, 0.05) is 6.20 Å². The first-order valence-electron chi connectivity index (χ1n) is 3.14. The van der Waals surface area contributed by atoms with Gasteiger partial charge in [-0.05, 0) is 12.5 Å². The molecule has 1 heterocycles. The first kappa shape index (κ1) is 9.29. The molecule has 0 fully saturated rings. The first-order chi connectivity index (χ1) is 5.54. The van der Waals surface area contributed by atoms with Crippen molar-refractivity contribution in [3.63, 3.8) is 0 Å². The Labute approximate surface area is 79.5 Å². The van der Waals surface area contributed by atoms with Crippen molar-refractivity contribution >= 4 is 29.1 Å². The van der Waals surface area contributed by atoms with Gasteiger partial charge in [0.05, 0.1) is 10.6 Å². The lowest BCUT2D eigenvalue weighted by molar-refractivity contribution is 0.0999. The van der Waals surface area contributed by atoms with Crippen molar-refractivity contribution in [3.05, 3.63) is 27.5 Å². The Morgan fingerprint density at radius 3 is 2.58 bits per heavy atom. The zero-order valence-electron chi connectivity index (χ0n) is 6.27. The summed E-state index contributed by atoms with van der Waals surface area (Å²) in [4.78, 5) is 14.5. The van der Waals surface area contributed by atoms with Gasteiger partial charge in [-0.25, -0.2) is 4.98 Å². The summed E-state index contributed by atoms with van der Waals surface area (Å²) in [5.74, 6) is -0.618. The van der Waals surface area contributed by atoms with Gasteiger partial charge in [0.15, 0.2) is 0 Å². The molecule has 0 spiro atoms. The number of pyridine rings is 1. The van der Waals surface area contributed by atoms with Crippen molar-refractivity contribution < 1.29 is 4.79 Å². The number of carbonyl (C=O) groups excluding carboxylic acids is 1. The van der Waals surface area contributed by atoms with Crippen LogP contribution in [-0.4, -0.2) is 10.9 Å². The lowest BCUT2D eigenvalue weighted by Gasteiger charge is -2.04. The van der Waals surface area contributed by atoms with Gasteiger partial charge in [-0.1, -0.05) is 23.2 Å². The summed E-state index contributed by atoms with van der Waals surface area (Å²) < 4.78 is 0. The number of hydrogen-bond donors (Lipinski definition) is 1. The highest BCUT2D eigenvalue weighted by Crippen LogP contribution is 2.22. The van der Waals surface area contributed by atoms with Gasteiger partial charge in [-0.2, -0.15) is 0 Å². The van der Waals surface area contributed by atoms with Gasteiger partial charge in [0.1, 0.15) is 5.15 Å². The van der Waals surface area contributed by atoms with Gasteiger partial charge < -0.3 is 5.73 Å². The second-order valence-corrected chi connectivity index (χ2v) is 3.03. The van der Waals surface area contributed by atoms with Crippen molar-refractivity contribution in [3.8, 4) is 0 Å². The van der Waals surface area contributed by atoms with E-state index in [1.807, 2.05) is 0 Å². The van der Waals surface area contributed by atoms with E-state index in [9.17, 15) is 4.79 Å². The number of primary amides is 1. The second kappa shape index (κ2) is 3.29. The van der Waals surface area contributed by atoms with Crippen LogP contribution in [0.2, 0.25) is 10.2 Å². The number of aromatic nitrogens is 1. The number of halogens is 2. The van der Waals surface area contributed by atoms with Gasteiger partial charge in [0.2, 0.25) is 0 Å². The maximum atomic E-state index is 10.8. The van der Waals surface area contributed by atoms with Crippen LogP contribution in [0.15, 0.2) is 6.20 Å². The molecule has 0 aromatic carbocycles. The molecule has 12 heavy (non-hydrogen) atoms. The summed E-state index contributed by atoms with van der Waals surface area (Å²) in [6.07, 6.45) is 1.38. The molecular weight excluding hydrogens is 199 g/mol. The van der Waals surface area contributed by atoms with Crippen LogP contribution >= 0.6 is 23.2 Å². The Morgan fingerprint density at radius 2 is 2.17 bits per heavy atom. The van der Waals surface area contributed by atoms with E-state index in [2.05, 4.69) is 4.98 Å². The van der Waals surface area contributed by atoms with E-state index in [0.29, 0.717) is 10.6 Å². The Balaban J connectivity index is 3.43. The fourth-order valence-electron chi connectivity index (χ4n) is 0.835. The second-order valence-electron chi connectivity index (χ2n) is 2.26. The van der Waals surface area contributed by atoms with E-state index >= 15 is 0 Å². The standard InChI is InChI=1S/C7H6Cl2N2O/c1-3-4(8)2-11-6(9)5(3)7(10)12/h2H,1H3,(H2,10,12). The molecule has 1 aromatic rings. The monoisotopic (exact) mass is 204 g/mol. The van der Waals surface area contributed by atoms with E-state index < -0.39 is 5.91 Å². The summed E-state index contributed by atoms with van der Waals surface area (Å²) in [6.45, 7) is 1.66. The minimum absolute atomic E-state index is 0.0874. The first-order valence-corrected chi connectivity index (χ1v) is 3.90. The van der Waals surface area contributed by atoms with E-state index in [1.54, 1.807) is 6.92 Å². The van der Waals surface area contributed by atoms with Gasteiger partial charge in [-0.15, -0.1) is 0 Å². The minimum Gasteiger partial charge on any atom is -0.365 e. The maximum absolute atomic E-state index is 10.8. The SMILES string of the molecule is Cc1c(Cl)cnc(Cl)c1C(N)=O. The summed E-state index contributed by atoms with van der Waals surface area (Å²) >= 11 is 11.3. The fourth-order valence-corrected chi connectivity index (χ4v) is 1.26. The van der Waals surface area contributed by atoms with E-state index in [0.717, 1.165) is 0 Å². The van der Waals surface area contributed by atoms with E-state index in [4.69, 9.17) is 28.9 Å². The molecule has 0 saturated heterocycles. The molecule has 1 amide bonds. The average Bonchev–Trinajstić information content (AvgIpc) is 1.97. The van der Waals surface area contributed by atoms with Crippen LogP contribution in [0.1, 0.15) is 15.9 Å². The van der Waals surface area contributed by atoms with Crippen LogP contribution in [0, 0.1) is 6.92 Å². The molecular formula is C7H6Cl2N2O. The molecule has 1 aromatic heterocycles. The van der Waals surface area contributed by atoms with Crippen LogP contribution in [0.3, 0.4) is 0 Å². The average molecular weight is 205 g/mol. The molecule has 0 unspecified atom stereocenters. The van der Waals surface area contributed by atoms with Crippen molar-refractivity contribution in [2.45, 2.75) is 6.92 Å². The lowest BCUT2D eigenvalue weighted by atomic mass is 10.1. The minimum atomic E-state index is -0.618. The molecule has 64 valence electrons.